The zero-order valence-corrected chi connectivity index (χ0v) is 10.7. The van der Waals surface area contributed by atoms with Gasteiger partial charge in [-0.05, 0) is 6.42 Å². The van der Waals surface area contributed by atoms with Crippen LogP contribution in [0.5, 0.6) is 0 Å². The number of aliphatic hydroxyl groups is 1. The maximum absolute atomic E-state index is 11.7. The van der Waals surface area contributed by atoms with Gasteiger partial charge >= 0.3 is 5.97 Å². The molecule has 3 amide bonds. The van der Waals surface area contributed by atoms with Gasteiger partial charge in [-0.1, -0.05) is 0 Å². The molecule has 0 aromatic heterocycles. The summed E-state index contributed by atoms with van der Waals surface area (Å²) >= 11 is 0. The summed E-state index contributed by atoms with van der Waals surface area (Å²) in [5.41, 5.74) is 9.92. The first kappa shape index (κ1) is 17.8. The first-order chi connectivity index (χ1) is 9.31. The third-order valence-corrected chi connectivity index (χ3v) is 2.31. The van der Waals surface area contributed by atoms with Crippen LogP contribution in [0.15, 0.2) is 0 Å². The van der Waals surface area contributed by atoms with Gasteiger partial charge in [0.25, 0.3) is 0 Å². The van der Waals surface area contributed by atoms with Gasteiger partial charge < -0.3 is 32.3 Å². The molecule has 0 bridgehead atoms. The van der Waals surface area contributed by atoms with Gasteiger partial charge in [0.05, 0.1) is 13.2 Å². The van der Waals surface area contributed by atoms with Crippen molar-refractivity contribution in [3.8, 4) is 0 Å². The minimum absolute atomic E-state index is 0.195. The lowest BCUT2D eigenvalue weighted by Crippen LogP contribution is -2.54. The van der Waals surface area contributed by atoms with Crippen LogP contribution in [0.2, 0.25) is 0 Å². The van der Waals surface area contributed by atoms with Crippen molar-refractivity contribution in [2.75, 3.05) is 13.2 Å². The van der Waals surface area contributed by atoms with Crippen molar-refractivity contribution >= 4 is 23.7 Å². The predicted octanol–water partition coefficient (Wildman–Crippen LogP) is -3.74. The number of nitrogens with one attached hydrogen (secondary N) is 2. The summed E-state index contributed by atoms with van der Waals surface area (Å²) in [7, 11) is 0. The number of carboxylic acids is 1. The first-order valence-corrected chi connectivity index (χ1v) is 5.73. The third-order valence-electron chi connectivity index (χ3n) is 2.31. The number of amides is 3. The van der Waals surface area contributed by atoms with Gasteiger partial charge in [-0.2, -0.15) is 0 Å². The first-order valence-electron chi connectivity index (χ1n) is 5.73. The van der Waals surface area contributed by atoms with Gasteiger partial charge in [0, 0.05) is 6.42 Å². The number of hydrogen-bond donors (Lipinski definition) is 6. The van der Waals surface area contributed by atoms with Gasteiger partial charge in [0.1, 0.15) is 12.1 Å². The number of aliphatic carboxylic acids is 1. The predicted molar refractivity (Wildman–Crippen MR) is 66.1 cm³/mol. The lowest BCUT2D eigenvalue weighted by Gasteiger charge is -2.19. The van der Waals surface area contributed by atoms with Gasteiger partial charge in [0.15, 0.2) is 0 Å². The van der Waals surface area contributed by atoms with Crippen molar-refractivity contribution < 1.29 is 29.4 Å². The molecular weight excluding hydrogens is 272 g/mol. The fourth-order valence-electron chi connectivity index (χ4n) is 1.26. The number of hydrogen-bond acceptors (Lipinski definition) is 6. The highest BCUT2D eigenvalue weighted by Crippen LogP contribution is 1.98. The second-order valence-electron chi connectivity index (χ2n) is 3.91. The summed E-state index contributed by atoms with van der Waals surface area (Å²) in [5, 5.41) is 22.1. The van der Waals surface area contributed by atoms with Crippen LogP contribution in [0.3, 0.4) is 0 Å². The monoisotopic (exact) mass is 290 g/mol. The van der Waals surface area contributed by atoms with Crippen LogP contribution in [0.4, 0.5) is 0 Å². The molecule has 0 aromatic carbocycles. The minimum Gasteiger partial charge on any atom is -0.480 e. The smallest absolute Gasteiger partial charge is 0.326 e. The standard InChI is InChI=1S/C10H18N4O6/c11-3-8(17)13-6(4-15)9(18)14-5(10(19)20)1-2-7(12)16/h5-6,15H,1-4,11H2,(H2,12,16)(H,13,17)(H,14,18)(H,19,20). The lowest BCUT2D eigenvalue weighted by atomic mass is 10.1. The number of nitrogens with two attached hydrogens (primary N) is 2. The zero-order chi connectivity index (χ0) is 15.7. The molecule has 0 heterocycles. The van der Waals surface area contributed by atoms with Crippen molar-refractivity contribution in [1.29, 1.82) is 0 Å². The Bertz CT molecular complexity index is 386. The normalized spacial score (nSPS) is 13.1. The third kappa shape index (κ3) is 6.66. The van der Waals surface area contributed by atoms with Gasteiger partial charge in [-0.3, -0.25) is 14.4 Å². The molecule has 10 nitrogen and oxygen atoms in total. The Hall–Kier alpha value is -2.20. The van der Waals surface area contributed by atoms with Crippen molar-refractivity contribution in [2.45, 2.75) is 24.9 Å². The molecule has 2 atom stereocenters. The van der Waals surface area contributed by atoms with Gasteiger partial charge in [-0.25, -0.2) is 4.79 Å². The van der Waals surface area contributed by atoms with Crippen molar-refractivity contribution in [2.24, 2.45) is 11.5 Å². The summed E-state index contributed by atoms with van der Waals surface area (Å²) < 4.78 is 0. The molecule has 0 saturated heterocycles. The van der Waals surface area contributed by atoms with E-state index >= 15 is 0 Å². The number of primary amides is 1. The number of aliphatic hydroxyl groups excluding tert-OH is 1. The van der Waals surface area contributed by atoms with Crippen LogP contribution >= 0.6 is 0 Å². The zero-order valence-electron chi connectivity index (χ0n) is 10.7. The van der Waals surface area contributed by atoms with Gasteiger partial charge in [-0.15, -0.1) is 0 Å². The van der Waals surface area contributed by atoms with E-state index in [9.17, 15) is 19.2 Å². The SMILES string of the molecule is NCC(=O)NC(CO)C(=O)NC(CCC(N)=O)C(=O)O. The van der Waals surface area contributed by atoms with E-state index in [1.165, 1.54) is 0 Å². The molecule has 0 rings (SSSR count). The van der Waals surface area contributed by atoms with Crippen molar-refractivity contribution in [3.63, 3.8) is 0 Å². The highest BCUT2D eigenvalue weighted by atomic mass is 16.4. The molecule has 0 fully saturated rings. The Balaban J connectivity index is 4.59. The fourth-order valence-corrected chi connectivity index (χ4v) is 1.26. The number of rotatable bonds is 9. The number of carboxylic acid groups (broad SMARTS) is 1. The highest BCUT2D eigenvalue weighted by molar-refractivity contribution is 5.91. The van der Waals surface area contributed by atoms with E-state index in [2.05, 4.69) is 10.6 Å². The molecule has 10 heteroatoms. The maximum atomic E-state index is 11.7. The Morgan fingerprint density at radius 2 is 1.70 bits per heavy atom. The van der Waals surface area contributed by atoms with E-state index in [1.807, 2.05) is 0 Å². The average molecular weight is 290 g/mol. The number of carbonyl (C=O) groups is 4. The lowest BCUT2D eigenvalue weighted by molar-refractivity contribution is -0.142. The molecule has 8 N–H and O–H groups in total. The topological polar surface area (TPSA) is 185 Å². The summed E-state index contributed by atoms with van der Waals surface area (Å²) in [6, 6.07) is -2.67. The molecule has 0 saturated carbocycles. The highest BCUT2D eigenvalue weighted by Gasteiger charge is 2.25. The molecule has 2 unspecified atom stereocenters. The molecule has 0 aliphatic rings. The Kier molecular flexibility index (Phi) is 7.85. The number of carbonyl (C=O) groups excluding carboxylic acids is 3. The molecule has 20 heavy (non-hydrogen) atoms. The summed E-state index contributed by atoms with van der Waals surface area (Å²) in [5.74, 6) is -3.64. The fraction of sp³-hybridized carbons (Fsp3) is 0.600. The second kappa shape index (κ2) is 8.82. The maximum Gasteiger partial charge on any atom is 0.326 e. The largest absolute Gasteiger partial charge is 0.480 e. The van der Waals surface area contributed by atoms with Crippen LogP contribution in [-0.4, -0.2) is 59.1 Å². The van der Waals surface area contributed by atoms with E-state index in [1.54, 1.807) is 0 Å². The molecule has 0 aliphatic heterocycles. The van der Waals surface area contributed by atoms with Crippen LogP contribution in [0.1, 0.15) is 12.8 Å². The average Bonchev–Trinajstić information content (AvgIpc) is 2.39. The quantitative estimate of drug-likeness (QED) is 0.252. The van der Waals surface area contributed by atoms with E-state index < -0.39 is 42.4 Å². The van der Waals surface area contributed by atoms with Crippen LogP contribution in [0.25, 0.3) is 0 Å². The summed E-state index contributed by atoms with van der Waals surface area (Å²) in [6.45, 7) is -1.10. The molecule has 0 radical (unpaired) electrons. The van der Waals surface area contributed by atoms with Crippen LogP contribution in [0, 0.1) is 0 Å². The molecule has 0 aliphatic carbocycles. The van der Waals surface area contributed by atoms with Crippen molar-refractivity contribution in [3.05, 3.63) is 0 Å². The van der Waals surface area contributed by atoms with Crippen molar-refractivity contribution in [1.82, 2.24) is 10.6 Å². The van der Waals surface area contributed by atoms with E-state index in [-0.39, 0.29) is 19.4 Å². The minimum atomic E-state index is -1.36. The second-order valence-corrected chi connectivity index (χ2v) is 3.91. The van der Waals surface area contributed by atoms with Gasteiger partial charge in [0.2, 0.25) is 17.7 Å². The Labute approximate surface area is 114 Å². The summed E-state index contributed by atoms with van der Waals surface area (Å²) in [4.78, 5) is 44.2. The summed E-state index contributed by atoms with van der Waals surface area (Å²) in [6.07, 6.45) is -0.421. The van der Waals surface area contributed by atoms with Crippen LogP contribution in [-0.2, 0) is 19.2 Å². The van der Waals surface area contributed by atoms with E-state index in [0.717, 1.165) is 0 Å². The van der Waals surface area contributed by atoms with E-state index in [0.29, 0.717) is 0 Å². The molecule has 114 valence electrons. The Morgan fingerprint density at radius 1 is 1.10 bits per heavy atom. The molecule has 0 aromatic rings. The molecular formula is C10H18N4O6. The van der Waals surface area contributed by atoms with E-state index in [4.69, 9.17) is 21.7 Å². The van der Waals surface area contributed by atoms with Crippen LogP contribution < -0.4 is 22.1 Å². The Morgan fingerprint density at radius 3 is 2.10 bits per heavy atom. The molecule has 0 spiro atoms.